The average Bonchev–Trinajstić information content (AvgIpc) is 3.17. The van der Waals surface area contributed by atoms with Gasteiger partial charge in [-0.2, -0.15) is 4.99 Å². The van der Waals surface area contributed by atoms with E-state index in [9.17, 15) is 4.79 Å². The van der Waals surface area contributed by atoms with Gasteiger partial charge in [-0.05, 0) is 36.6 Å². The van der Waals surface area contributed by atoms with Crippen LogP contribution in [-0.4, -0.2) is 11.1 Å². The van der Waals surface area contributed by atoms with E-state index in [0.29, 0.717) is 5.89 Å². The summed E-state index contributed by atoms with van der Waals surface area (Å²) in [6.07, 6.45) is 3.42. The Morgan fingerprint density at radius 2 is 1.86 bits per heavy atom. The first kappa shape index (κ1) is 12.1. The van der Waals surface area contributed by atoms with E-state index in [1.165, 1.54) is 0 Å². The Labute approximate surface area is 121 Å². The number of aromatic nitrogens is 1. The molecule has 2 aromatic carbocycles. The molecule has 1 saturated carbocycles. The molecule has 0 radical (unpaired) electrons. The van der Waals surface area contributed by atoms with Crippen LogP contribution in [0.5, 0.6) is 0 Å². The Balaban J connectivity index is 1.91. The third-order valence-electron chi connectivity index (χ3n) is 3.94. The van der Waals surface area contributed by atoms with Gasteiger partial charge in [-0.15, -0.1) is 0 Å². The van der Waals surface area contributed by atoms with Gasteiger partial charge in [-0.1, -0.05) is 30.3 Å². The maximum atomic E-state index is 10.7. The third kappa shape index (κ3) is 1.89. The van der Waals surface area contributed by atoms with Crippen molar-refractivity contribution in [3.05, 3.63) is 54.1 Å². The van der Waals surface area contributed by atoms with Gasteiger partial charge in [-0.25, -0.2) is 9.78 Å². The summed E-state index contributed by atoms with van der Waals surface area (Å²) in [6.45, 7) is 0. The van der Waals surface area contributed by atoms with Crippen LogP contribution in [0.2, 0.25) is 0 Å². The molecule has 102 valence electrons. The Hall–Kier alpha value is -2.71. The predicted molar refractivity (Wildman–Crippen MR) is 78.5 cm³/mol. The number of benzene rings is 2. The summed E-state index contributed by atoms with van der Waals surface area (Å²) in [7, 11) is 0. The minimum atomic E-state index is -0.432. The number of carbonyl (C=O) groups excluding carboxylic acids is 1. The van der Waals surface area contributed by atoms with Crippen LogP contribution < -0.4 is 0 Å². The van der Waals surface area contributed by atoms with Crippen molar-refractivity contribution >= 4 is 17.2 Å². The van der Waals surface area contributed by atoms with E-state index >= 15 is 0 Å². The van der Waals surface area contributed by atoms with Crippen LogP contribution in [0.15, 0.2) is 57.9 Å². The highest BCUT2D eigenvalue weighted by Gasteiger charge is 2.46. The molecule has 3 aromatic rings. The predicted octanol–water partition coefficient (Wildman–Crippen LogP) is 3.82. The van der Waals surface area contributed by atoms with E-state index < -0.39 is 5.54 Å². The molecule has 4 nitrogen and oxygen atoms in total. The second kappa shape index (κ2) is 4.40. The highest BCUT2D eigenvalue weighted by Crippen LogP contribution is 2.52. The molecule has 0 unspecified atom stereocenters. The summed E-state index contributed by atoms with van der Waals surface area (Å²) in [5.74, 6) is 0.569. The number of rotatable bonds is 3. The van der Waals surface area contributed by atoms with Gasteiger partial charge in [-0.3, -0.25) is 0 Å². The topological polar surface area (TPSA) is 55.5 Å². The molecule has 1 fully saturated rings. The molecule has 0 bridgehead atoms. The average molecular weight is 276 g/mol. The van der Waals surface area contributed by atoms with E-state index in [4.69, 9.17) is 4.42 Å². The number of aliphatic imine (C=N–C) groups is 1. The zero-order chi connectivity index (χ0) is 14.3. The Morgan fingerprint density at radius 1 is 1.10 bits per heavy atom. The lowest BCUT2D eigenvalue weighted by Gasteiger charge is -2.11. The highest BCUT2D eigenvalue weighted by atomic mass is 16.3. The second-order valence-corrected chi connectivity index (χ2v) is 5.27. The maximum absolute atomic E-state index is 10.7. The lowest BCUT2D eigenvalue weighted by Crippen LogP contribution is -2.04. The van der Waals surface area contributed by atoms with Crippen molar-refractivity contribution in [2.24, 2.45) is 4.99 Å². The third-order valence-corrected chi connectivity index (χ3v) is 3.94. The maximum Gasteiger partial charge on any atom is 0.235 e. The molecule has 4 rings (SSSR count). The molecule has 1 aromatic heterocycles. The van der Waals surface area contributed by atoms with E-state index in [2.05, 4.69) is 9.98 Å². The van der Waals surface area contributed by atoms with Crippen molar-refractivity contribution in [2.45, 2.75) is 18.4 Å². The summed E-state index contributed by atoms with van der Waals surface area (Å²) in [4.78, 5) is 19.2. The fourth-order valence-electron chi connectivity index (χ4n) is 2.71. The zero-order valence-corrected chi connectivity index (χ0v) is 11.2. The van der Waals surface area contributed by atoms with Crippen LogP contribution in [0, 0.1) is 0 Å². The van der Waals surface area contributed by atoms with Crippen LogP contribution in [0.3, 0.4) is 0 Å². The van der Waals surface area contributed by atoms with E-state index in [0.717, 1.165) is 35.1 Å². The van der Waals surface area contributed by atoms with Gasteiger partial charge in [0, 0.05) is 5.56 Å². The molecule has 1 aliphatic rings. The van der Waals surface area contributed by atoms with Crippen LogP contribution in [0.4, 0.5) is 0 Å². The lowest BCUT2D eigenvalue weighted by atomic mass is 9.99. The molecule has 0 aliphatic heterocycles. The number of fused-ring (bicyclic) bond motifs is 1. The Morgan fingerprint density at radius 3 is 2.62 bits per heavy atom. The summed E-state index contributed by atoms with van der Waals surface area (Å²) >= 11 is 0. The van der Waals surface area contributed by atoms with Crippen molar-refractivity contribution in [3.63, 3.8) is 0 Å². The van der Waals surface area contributed by atoms with E-state index in [1.807, 2.05) is 48.5 Å². The molecule has 4 heteroatoms. The molecule has 0 saturated heterocycles. The SMILES string of the molecule is O=C=NC1(c2ccccc2-c2nc3ccccc3o2)CC1. The van der Waals surface area contributed by atoms with Crippen molar-refractivity contribution in [3.8, 4) is 11.5 Å². The second-order valence-electron chi connectivity index (χ2n) is 5.27. The first-order valence-electron chi connectivity index (χ1n) is 6.87. The minimum Gasteiger partial charge on any atom is -0.436 e. The van der Waals surface area contributed by atoms with Gasteiger partial charge < -0.3 is 4.42 Å². The molecular formula is C17H12N2O2. The van der Waals surface area contributed by atoms with Crippen LogP contribution in [0.1, 0.15) is 18.4 Å². The molecular weight excluding hydrogens is 264 g/mol. The van der Waals surface area contributed by atoms with E-state index in [1.54, 1.807) is 6.08 Å². The first-order chi connectivity index (χ1) is 10.3. The van der Waals surface area contributed by atoms with Crippen molar-refractivity contribution in [1.82, 2.24) is 4.98 Å². The zero-order valence-electron chi connectivity index (χ0n) is 11.2. The van der Waals surface area contributed by atoms with Crippen LogP contribution in [0.25, 0.3) is 22.6 Å². The van der Waals surface area contributed by atoms with Crippen molar-refractivity contribution in [1.29, 1.82) is 0 Å². The monoisotopic (exact) mass is 276 g/mol. The molecule has 0 atom stereocenters. The summed E-state index contributed by atoms with van der Waals surface area (Å²) in [5.41, 5.74) is 3.03. The molecule has 21 heavy (non-hydrogen) atoms. The minimum absolute atomic E-state index is 0.432. The van der Waals surface area contributed by atoms with Gasteiger partial charge in [0.1, 0.15) is 5.52 Å². The van der Waals surface area contributed by atoms with Gasteiger partial charge in [0.25, 0.3) is 0 Å². The van der Waals surface area contributed by atoms with Gasteiger partial charge >= 0.3 is 0 Å². The lowest BCUT2D eigenvalue weighted by molar-refractivity contribution is 0.556. The van der Waals surface area contributed by atoms with Gasteiger partial charge in [0.05, 0.1) is 5.54 Å². The Kier molecular flexibility index (Phi) is 2.53. The smallest absolute Gasteiger partial charge is 0.235 e. The normalized spacial score (nSPS) is 15.6. The number of para-hydroxylation sites is 2. The molecule has 0 N–H and O–H groups in total. The molecule has 0 spiro atoms. The summed E-state index contributed by atoms with van der Waals surface area (Å²) < 4.78 is 5.84. The number of oxazole rings is 1. The van der Waals surface area contributed by atoms with E-state index in [-0.39, 0.29) is 0 Å². The molecule has 1 aliphatic carbocycles. The van der Waals surface area contributed by atoms with Gasteiger partial charge in [0.2, 0.25) is 12.0 Å². The number of isocyanates is 1. The van der Waals surface area contributed by atoms with Crippen molar-refractivity contribution in [2.75, 3.05) is 0 Å². The fourth-order valence-corrected chi connectivity index (χ4v) is 2.71. The number of hydrogen-bond acceptors (Lipinski definition) is 4. The Bertz CT molecular complexity index is 838. The number of nitrogens with zero attached hydrogens (tertiary/aromatic N) is 2. The van der Waals surface area contributed by atoms with Crippen LogP contribution in [-0.2, 0) is 10.3 Å². The van der Waals surface area contributed by atoms with Crippen LogP contribution >= 0.6 is 0 Å². The first-order valence-corrected chi connectivity index (χ1v) is 6.87. The van der Waals surface area contributed by atoms with Gasteiger partial charge in [0.15, 0.2) is 5.58 Å². The number of hydrogen-bond donors (Lipinski definition) is 0. The summed E-state index contributed by atoms with van der Waals surface area (Å²) in [6, 6.07) is 15.5. The molecule has 0 amide bonds. The summed E-state index contributed by atoms with van der Waals surface area (Å²) in [5, 5.41) is 0. The standard InChI is InChI=1S/C17H12N2O2/c20-11-18-17(9-10-17)13-6-2-1-5-12(13)16-19-14-7-3-4-8-15(14)21-16/h1-8H,9-10H2. The fraction of sp³-hybridized carbons (Fsp3) is 0.176. The molecule has 1 heterocycles. The van der Waals surface area contributed by atoms with Crippen molar-refractivity contribution < 1.29 is 9.21 Å². The quantitative estimate of drug-likeness (QED) is 0.539. The largest absolute Gasteiger partial charge is 0.436 e. The highest BCUT2D eigenvalue weighted by molar-refractivity contribution is 5.77.